The maximum atomic E-state index is 14.8. The normalized spacial score (nSPS) is 11.0. The predicted molar refractivity (Wildman–Crippen MR) is 109 cm³/mol. The second kappa shape index (κ2) is 8.52. The van der Waals surface area contributed by atoms with Gasteiger partial charge >= 0.3 is 5.97 Å². The van der Waals surface area contributed by atoms with E-state index in [2.05, 4.69) is 5.32 Å². The Labute approximate surface area is 183 Å². The molecule has 3 aromatic rings. The summed E-state index contributed by atoms with van der Waals surface area (Å²) in [4.78, 5) is 35.9. The molecule has 11 heteroatoms. The van der Waals surface area contributed by atoms with Crippen LogP contribution in [0.2, 0.25) is 10.0 Å². The Morgan fingerprint density at radius 2 is 1.81 bits per heavy atom. The number of carbonyl (C=O) groups is 3. The number of aromatic hydroxyl groups is 1. The smallest absolute Gasteiger partial charge is 0.322 e. The molecule has 0 spiro atoms. The predicted octanol–water partition coefficient (Wildman–Crippen LogP) is 3.67. The average molecular weight is 471 g/mol. The van der Waals surface area contributed by atoms with Gasteiger partial charge in [0.1, 0.15) is 6.54 Å². The summed E-state index contributed by atoms with van der Waals surface area (Å²) in [7, 11) is 0. The quantitative estimate of drug-likeness (QED) is 0.527. The topological polar surface area (TPSA) is 109 Å². The molecule has 3 N–H and O–H groups in total. The summed E-state index contributed by atoms with van der Waals surface area (Å²) in [6.45, 7) is 0.741. The minimum atomic E-state index is -1.35. The number of amides is 1. The van der Waals surface area contributed by atoms with E-state index in [-0.39, 0.29) is 37.8 Å². The van der Waals surface area contributed by atoms with Crippen molar-refractivity contribution in [2.45, 2.75) is 13.3 Å². The average Bonchev–Trinajstić information content (AvgIpc) is 2.97. The number of phenolic OH excluding ortho intramolecular Hbond substituents is 1. The van der Waals surface area contributed by atoms with Gasteiger partial charge in [0, 0.05) is 22.7 Å². The summed E-state index contributed by atoms with van der Waals surface area (Å²) in [5.41, 5.74) is -0.0767. The minimum absolute atomic E-state index is 0.0147. The molecule has 31 heavy (non-hydrogen) atoms. The lowest BCUT2D eigenvalue weighted by atomic mass is 10.1. The first kappa shape index (κ1) is 22.5. The maximum absolute atomic E-state index is 14.8. The van der Waals surface area contributed by atoms with Crippen LogP contribution >= 0.6 is 23.2 Å². The summed E-state index contributed by atoms with van der Waals surface area (Å²) in [6.07, 6.45) is -0.515. The van der Waals surface area contributed by atoms with Gasteiger partial charge in [-0.2, -0.15) is 0 Å². The molecule has 2 aromatic carbocycles. The third-order valence-electron chi connectivity index (χ3n) is 4.63. The number of nitrogens with zero attached hydrogens (tertiary/aromatic N) is 1. The number of halogens is 4. The molecule has 1 heterocycles. The maximum Gasteiger partial charge on any atom is 0.322 e. The number of rotatable bonds is 5. The van der Waals surface area contributed by atoms with Crippen LogP contribution in [0.25, 0.3) is 10.9 Å². The van der Waals surface area contributed by atoms with E-state index in [0.29, 0.717) is 0 Å². The van der Waals surface area contributed by atoms with Crippen molar-refractivity contribution in [3.63, 3.8) is 0 Å². The van der Waals surface area contributed by atoms with E-state index in [1.54, 1.807) is 0 Å². The third-order valence-corrected chi connectivity index (χ3v) is 5.37. The molecule has 0 saturated heterocycles. The first-order valence-corrected chi connectivity index (χ1v) is 9.47. The number of aliphatic carboxylic acids is 1. The van der Waals surface area contributed by atoms with Gasteiger partial charge < -0.3 is 15.5 Å². The summed E-state index contributed by atoms with van der Waals surface area (Å²) >= 11 is 11.8. The van der Waals surface area contributed by atoms with Crippen LogP contribution in [0.15, 0.2) is 24.3 Å². The van der Waals surface area contributed by atoms with E-state index in [0.717, 1.165) is 10.6 Å². The molecular formula is C20H14Cl2F2N2O5. The van der Waals surface area contributed by atoms with Gasteiger partial charge in [-0.1, -0.05) is 23.2 Å². The van der Waals surface area contributed by atoms with Gasteiger partial charge in [0.05, 0.1) is 22.0 Å². The number of hydrogen-bond donors (Lipinski definition) is 3. The Morgan fingerprint density at radius 1 is 1.13 bits per heavy atom. The molecule has 0 aliphatic heterocycles. The molecule has 0 aliphatic carbocycles. The van der Waals surface area contributed by atoms with Crippen molar-refractivity contribution in [1.29, 1.82) is 0 Å². The summed E-state index contributed by atoms with van der Waals surface area (Å²) in [6, 6.07) is 4.80. The van der Waals surface area contributed by atoms with E-state index in [9.17, 15) is 28.3 Å². The van der Waals surface area contributed by atoms with Crippen LogP contribution in [0.1, 0.15) is 21.6 Å². The molecule has 162 valence electrons. The zero-order valence-corrected chi connectivity index (χ0v) is 17.3. The highest BCUT2D eigenvalue weighted by molar-refractivity contribution is 6.42. The van der Waals surface area contributed by atoms with Gasteiger partial charge in [-0.15, -0.1) is 0 Å². The van der Waals surface area contributed by atoms with Gasteiger partial charge in [0.25, 0.3) is 5.91 Å². The highest BCUT2D eigenvalue weighted by Gasteiger charge is 2.27. The van der Waals surface area contributed by atoms with E-state index < -0.39 is 48.1 Å². The van der Waals surface area contributed by atoms with Crippen molar-refractivity contribution in [1.82, 2.24) is 9.88 Å². The van der Waals surface area contributed by atoms with Crippen LogP contribution in [-0.2, 0) is 16.0 Å². The Morgan fingerprint density at radius 3 is 2.42 bits per heavy atom. The number of aromatic nitrogens is 1. The highest BCUT2D eigenvalue weighted by Crippen LogP contribution is 2.35. The monoisotopic (exact) mass is 470 g/mol. The molecule has 3 rings (SSSR count). The fourth-order valence-corrected chi connectivity index (χ4v) is 3.49. The Bertz CT molecular complexity index is 1260. The van der Waals surface area contributed by atoms with Crippen LogP contribution in [0.3, 0.4) is 0 Å². The zero-order chi connectivity index (χ0) is 23.0. The van der Waals surface area contributed by atoms with Crippen molar-refractivity contribution >= 4 is 51.9 Å². The minimum Gasteiger partial charge on any atom is -0.503 e. The molecule has 0 aliphatic rings. The number of nitrogens with one attached hydrogen (secondary N) is 1. The van der Waals surface area contributed by atoms with Gasteiger partial charge in [0.2, 0.25) is 5.91 Å². The lowest BCUT2D eigenvalue weighted by Gasteiger charge is -2.09. The molecule has 0 saturated carbocycles. The zero-order valence-electron chi connectivity index (χ0n) is 15.8. The molecule has 0 bridgehead atoms. The molecular weight excluding hydrogens is 457 g/mol. The summed E-state index contributed by atoms with van der Waals surface area (Å²) < 4.78 is 29.9. The van der Waals surface area contributed by atoms with Crippen molar-refractivity contribution in [3.8, 4) is 5.75 Å². The first-order valence-electron chi connectivity index (χ1n) is 8.72. The largest absolute Gasteiger partial charge is 0.503 e. The van der Waals surface area contributed by atoms with E-state index in [4.69, 9.17) is 28.3 Å². The fraction of sp³-hybridized carbons (Fsp3) is 0.150. The number of hydrogen-bond acceptors (Lipinski definition) is 4. The van der Waals surface area contributed by atoms with E-state index >= 15 is 0 Å². The van der Waals surface area contributed by atoms with Gasteiger partial charge in [-0.3, -0.25) is 19.0 Å². The Balaban J connectivity index is 2.21. The van der Waals surface area contributed by atoms with E-state index in [1.165, 1.54) is 25.1 Å². The van der Waals surface area contributed by atoms with Gasteiger partial charge in [-0.05, 0) is 30.7 Å². The standard InChI is InChI=1S/C20H14Cl2F2N2O5/c1-8-10(5-15(27)25-7-16(28)29)17-14(6-13(23)19(30)18(17)24)26(8)20(31)9-2-3-11(21)12(22)4-9/h2-4,6,30H,5,7H2,1H3,(H,25,27)(H,28,29). The molecule has 1 aromatic heterocycles. The highest BCUT2D eigenvalue weighted by atomic mass is 35.5. The number of carboxylic acid groups (broad SMARTS) is 1. The van der Waals surface area contributed by atoms with Crippen LogP contribution in [-0.4, -0.2) is 39.1 Å². The van der Waals surface area contributed by atoms with Gasteiger partial charge in [0.15, 0.2) is 17.4 Å². The van der Waals surface area contributed by atoms with E-state index in [1.807, 2.05) is 0 Å². The van der Waals surface area contributed by atoms with Crippen molar-refractivity contribution in [3.05, 3.63) is 62.8 Å². The third kappa shape index (κ3) is 4.19. The molecule has 0 atom stereocenters. The fourth-order valence-electron chi connectivity index (χ4n) is 3.19. The Hall–Kier alpha value is -3.17. The molecule has 0 fully saturated rings. The number of carbonyl (C=O) groups excluding carboxylic acids is 2. The summed E-state index contributed by atoms with van der Waals surface area (Å²) in [5, 5.41) is 20.5. The van der Waals surface area contributed by atoms with Crippen LogP contribution in [0, 0.1) is 18.6 Å². The number of fused-ring (bicyclic) bond motifs is 1. The molecule has 0 radical (unpaired) electrons. The van der Waals surface area contributed by atoms with Crippen LogP contribution in [0.4, 0.5) is 8.78 Å². The van der Waals surface area contributed by atoms with Crippen molar-refractivity contribution in [2.24, 2.45) is 0 Å². The number of phenols is 1. The van der Waals surface area contributed by atoms with Crippen molar-refractivity contribution in [2.75, 3.05) is 6.54 Å². The lowest BCUT2D eigenvalue weighted by Crippen LogP contribution is -2.30. The molecule has 7 nitrogen and oxygen atoms in total. The first-order chi connectivity index (χ1) is 14.5. The number of benzene rings is 2. The van der Waals surface area contributed by atoms with Crippen LogP contribution < -0.4 is 5.32 Å². The lowest BCUT2D eigenvalue weighted by molar-refractivity contribution is -0.137. The SMILES string of the molecule is Cc1c(CC(=O)NCC(=O)O)c2c(F)c(O)c(F)cc2n1C(=O)c1ccc(Cl)c(Cl)c1. The van der Waals surface area contributed by atoms with Crippen LogP contribution in [0.5, 0.6) is 5.75 Å². The number of carboxylic acids is 1. The van der Waals surface area contributed by atoms with Crippen molar-refractivity contribution < 1.29 is 33.4 Å². The Kier molecular flexibility index (Phi) is 6.19. The van der Waals surface area contributed by atoms with Gasteiger partial charge in [-0.25, -0.2) is 8.78 Å². The molecule has 1 amide bonds. The second-order valence-corrected chi connectivity index (χ2v) is 7.41. The molecule has 0 unspecified atom stereocenters. The summed E-state index contributed by atoms with van der Waals surface area (Å²) in [5.74, 6) is -6.67. The second-order valence-electron chi connectivity index (χ2n) is 6.60.